The Balaban J connectivity index is 1.19. The first-order valence-corrected chi connectivity index (χ1v) is 16.8. The second-order valence-electron chi connectivity index (χ2n) is 13.8. The molecule has 9 rings (SSSR count). The summed E-state index contributed by atoms with van der Waals surface area (Å²) in [6.07, 6.45) is 4.63. The van der Waals surface area contributed by atoms with E-state index in [0.717, 1.165) is 22.3 Å². The SMILES string of the molecule is Cc1ccc2c(c1)C(C)(C)c1c3c(c4ccccc4c1-2)OC(c1ccccc1)(c1ccc(-c2ccc(-c4ccccc4)cc2)cc1)C=C3. The van der Waals surface area contributed by atoms with Crippen LogP contribution in [-0.2, 0) is 11.0 Å². The average Bonchev–Trinajstić information content (AvgIpc) is 3.38. The lowest BCUT2D eigenvalue weighted by Crippen LogP contribution is -2.35. The number of rotatable bonds is 4. The summed E-state index contributed by atoms with van der Waals surface area (Å²) in [5.74, 6) is 0.953. The number of fused-ring (bicyclic) bond motifs is 8. The van der Waals surface area contributed by atoms with Gasteiger partial charge in [0.25, 0.3) is 0 Å². The third kappa shape index (κ3) is 4.24. The standard InChI is InChI=1S/C47H36O/c1-31-18-27-40-42(30-31)46(2,3)44-41-28-29-47(36-14-8-5-9-15-36,48-45(41)39-17-11-10-16-38(39)43(40)44)37-25-23-35(24-26-37)34-21-19-33(20-22-34)32-12-6-4-7-13-32/h4-30H,1-3H3. The molecule has 0 spiro atoms. The fourth-order valence-corrected chi connectivity index (χ4v) is 8.11. The molecule has 0 aromatic heterocycles. The lowest BCUT2D eigenvalue weighted by molar-refractivity contribution is 0.163. The molecule has 1 heterocycles. The lowest BCUT2D eigenvalue weighted by atomic mass is 9.76. The molecule has 0 bridgehead atoms. The summed E-state index contributed by atoms with van der Waals surface area (Å²) in [4.78, 5) is 0. The van der Waals surface area contributed by atoms with Gasteiger partial charge in [0.2, 0.25) is 0 Å². The molecule has 230 valence electrons. The normalized spacial score (nSPS) is 17.0. The molecule has 0 saturated carbocycles. The Morgan fingerprint density at radius 3 is 1.73 bits per heavy atom. The summed E-state index contributed by atoms with van der Waals surface area (Å²) >= 11 is 0. The van der Waals surface area contributed by atoms with Crippen LogP contribution in [0.25, 0.3) is 50.2 Å². The van der Waals surface area contributed by atoms with Gasteiger partial charge in [-0.3, -0.25) is 0 Å². The van der Waals surface area contributed by atoms with E-state index in [0.29, 0.717) is 0 Å². The van der Waals surface area contributed by atoms with Gasteiger partial charge in [-0.05, 0) is 62.9 Å². The Hall–Kier alpha value is -5.66. The summed E-state index contributed by atoms with van der Waals surface area (Å²) in [5, 5.41) is 2.39. The molecule has 0 fully saturated rings. The minimum atomic E-state index is -0.785. The van der Waals surface area contributed by atoms with Crippen molar-refractivity contribution in [2.45, 2.75) is 31.8 Å². The zero-order valence-corrected chi connectivity index (χ0v) is 27.5. The Kier molecular flexibility index (Phi) is 6.36. The van der Waals surface area contributed by atoms with Crippen molar-refractivity contribution in [3.8, 4) is 39.1 Å². The Labute approximate surface area is 282 Å². The van der Waals surface area contributed by atoms with E-state index in [9.17, 15) is 0 Å². The maximum atomic E-state index is 7.47. The van der Waals surface area contributed by atoms with Crippen LogP contribution < -0.4 is 4.74 Å². The van der Waals surface area contributed by atoms with Crippen molar-refractivity contribution >= 4 is 16.8 Å². The third-order valence-corrected chi connectivity index (χ3v) is 10.5. The molecule has 0 amide bonds. The van der Waals surface area contributed by atoms with Gasteiger partial charge in [-0.15, -0.1) is 0 Å². The first-order valence-electron chi connectivity index (χ1n) is 16.8. The van der Waals surface area contributed by atoms with E-state index in [-0.39, 0.29) is 5.41 Å². The predicted octanol–water partition coefficient (Wildman–Crippen LogP) is 12.1. The van der Waals surface area contributed by atoms with Crippen LogP contribution in [0, 0.1) is 6.92 Å². The highest BCUT2D eigenvalue weighted by atomic mass is 16.5. The number of hydrogen-bond donors (Lipinski definition) is 0. The van der Waals surface area contributed by atoms with E-state index in [1.165, 1.54) is 61.0 Å². The van der Waals surface area contributed by atoms with E-state index in [4.69, 9.17) is 4.74 Å². The molecule has 2 aliphatic rings. The molecule has 7 aromatic carbocycles. The predicted molar refractivity (Wildman–Crippen MR) is 200 cm³/mol. The van der Waals surface area contributed by atoms with Crippen molar-refractivity contribution in [3.05, 3.63) is 191 Å². The highest BCUT2D eigenvalue weighted by Crippen LogP contribution is 2.58. The molecule has 0 radical (unpaired) electrons. The molecule has 1 nitrogen and oxygen atoms in total. The van der Waals surface area contributed by atoms with E-state index in [1.54, 1.807) is 0 Å². The minimum absolute atomic E-state index is 0.164. The van der Waals surface area contributed by atoms with Gasteiger partial charge < -0.3 is 4.74 Å². The molecule has 0 saturated heterocycles. The summed E-state index contributed by atoms with van der Waals surface area (Å²) in [6.45, 7) is 6.92. The second-order valence-corrected chi connectivity index (χ2v) is 13.8. The monoisotopic (exact) mass is 616 g/mol. The van der Waals surface area contributed by atoms with E-state index in [1.807, 2.05) is 0 Å². The van der Waals surface area contributed by atoms with Crippen LogP contribution in [0.5, 0.6) is 5.75 Å². The zero-order valence-electron chi connectivity index (χ0n) is 27.5. The second kappa shape index (κ2) is 10.7. The molecule has 0 N–H and O–H groups in total. The first-order chi connectivity index (χ1) is 23.4. The molecule has 1 unspecified atom stereocenters. The van der Waals surface area contributed by atoms with Crippen molar-refractivity contribution < 1.29 is 4.74 Å². The molecule has 48 heavy (non-hydrogen) atoms. The van der Waals surface area contributed by atoms with Crippen LogP contribution >= 0.6 is 0 Å². The van der Waals surface area contributed by atoms with Crippen LogP contribution in [0.3, 0.4) is 0 Å². The van der Waals surface area contributed by atoms with E-state index >= 15 is 0 Å². The van der Waals surface area contributed by atoms with Gasteiger partial charge in [-0.2, -0.15) is 0 Å². The highest BCUT2D eigenvalue weighted by Gasteiger charge is 2.44. The largest absolute Gasteiger partial charge is 0.472 e. The highest BCUT2D eigenvalue weighted by molar-refractivity contribution is 6.08. The molecule has 1 heteroatoms. The Bertz CT molecular complexity index is 2360. The van der Waals surface area contributed by atoms with E-state index in [2.05, 4.69) is 185 Å². The van der Waals surface area contributed by atoms with Crippen LogP contribution in [-0.4, -0.2) is 0 Å². The number of ether oxygens (including phenoxy) is 1. The molecule has 1 aliphatic carbocycles. The number of benzene rings is 7. The van der Waals surface area contributed by atoms with Gasteiger partial charge in [0, 0.05) is 27.5 Å². The maximum Gasteiger partial charge on any atom is 0.178 e. The van der Waals surface area contributed by atoms with Crippen molar-refractivity contribution in [2.75, 3.05) is 0 Å². The topological polar surface area (TPSA) is 9.23 Å². The Morgan fingerprint density at radius 1 is 0.521 bits per heavy atom. The lowest BCUT2D eigenvalue weighted by Gasteiger charge is -2.38. The first kappa shape index (κ1) is 28.6. The van der Waals surface area contributed by atoms with Gasteiger partial charge in [0.05, 0.1) is 0 Å². The minimum Gasteiger partial charge on any atom is -0.472 e. The average molecular weight is 617 g/mol. The summed E-state index contributed by atoms with van der Waals surface area (Å²) in [7, 11) is 0. The van der Waals surface area contributed by atoms with Crippen LogP contribution in [0.4, 0.5) is 0 Å². The quantitative estimate of drug-likeness (QED) is 0.191. The van der Waals surface area contributed by atoms with Crippen LogP contribution in [0.15, 0.2) is 158 Å². The molecule has 7 aromatic rings. The van der Waals surface area contributed by atoms with Gasteiger partial charge in [0.15, 0.2) is 5.60 Å². The number of hydrogen-bond acceptors (Lipinski definition) is 1. The van der Waals surface area contributed by atoms with Gasteiger partial charge >= 0.3 is 0 Å². The summed E-state index contributed by atoms with van der Waals surface area (Å²) in [5.41, 5.74) is 14.0. The molecular weight excluding hydrogens is 581 g/mol. The summed E-state index contributed by atoms with van der Waals surface area (Å²) < 4.78 is 7.47. The fraction of sp³-hybridized carbons (Fsp3) is 0.106. The number of aryl methyl sites for hydroxylation is 1. The summed E-state index contributed by atoms with van der Waals surface area (Å²) in [6, 6.07) is 54.7. The maximum absolute atomic E-state index is 7.47. The van der Waals surface area contributed by atoms with Crippen LogP contribution in [0.1, 0.15) is 47.2 Å². The molecular formula is C47H36O. The van der Waals surface area contributed by atoms with Crippen molar-refractivity contribution in [2.24, 2.45) is 0 Å². The van der Waals surface area contributed by atoms with E-state index < -0.39 is 5.60 Å². The van der Waals surface area contributed by atoms with Gasteiger partial charge in [0.1, 0.15) is 5.75 Å². The third-order valence-electron chi connectivity index (χ3n) is 10.5. The fourth-order valence-electron chi connectivity index (χ4n) is 8.11. The molecule has 1 atom stereocenters. The van der Waals surface area contributed by atoms with Crippen LogP contribution in [0.2, 0.25) is 0 Å². The van der Waals surface area contributed by atoms with Gasteiger partial charge in [-0.1, -0.05) is 177 Å². The smallest absolute Gasteiger partial charge is 0.178 e. The zero-order chi connectivity index (χ0) is 32.5. The van der Waals surface area contributed by atoms with Crippen molar-refractivity contribution in [1.29, 1.82) is 0 Å². The van der Waals surface area contributed by atoms with Gasteiger partial charge in [-0.25, -0.2) is 0 Å². The van der Waals surface area contributed by atoms with Crippen molar-refractivity contribution in [1.82, 2.24) is 0 Å². The van der Waals surface area contributed by atoms with Crippen molar-refractivity contribution in [3.63, 3.8) is 0 Å². The molecule has 1 aliphatic heterocycles. The Morgan fingerprint density at radius 2 is 1.06 bits per heavy atom.